The second kappa shape index (κ2) is 6.77. The van der Waals surface area contributed by atoms with E-state index in [9.17, 15) is 9.59 Å². The number of carbonyl (C=O) groups excluding carboxylic acids is 2. The highest BCUT2D eigenvalue weighted by molar-refractivity contribution is 5.75. The Hall–Kier alpha value is -1.52. The summed E-state index contributed by atoms with van der Waals surface area (Å²) >= 11 is 0. The smallest absolute Gasteiger partial charge is 0.410 e. The Morgan fingerprint density at radius 2 is 2.05 bits per heavy atom. The highest BCUT2D eigenvalue weighted by Gasteiger charge is 2.31. The number of nitrogens with zero attached hydrogens (tertiary/aromatic N) is 1. The lowest BCUT2D eigenvalue weighted by molar-refractivity contribution is -0.148. The molecule has 0 spiro atoms. The molecule has 114 valence electrons. The number of hydrogen-bond donors (Lipinski definition) is 0. The lowest BCUT2D eigenvalue weighted by atomic mass is 10.0. The molecule has 20 heavy (non-hydrogen) atoms. The second-order valence-corrected chi connectivity index (χ2v) is 6.08. The van der Waals surface area contributed by atoms with Crippen molar-refractivity contribution in [3.63, 3.8) is 0 Å². The molecule has 0 saturated carbocycles. The summed E-state index contributed by atoms with van der Waals surface area (Å²) in [6.45, 7) is 12.4. The fourth-order valence-corrected chi connectivity index (χ4v) is 2.08. The van der Waals surface area contributed by atoms with Gasteiger partial charge in [0.15, 0.2) is 0 Å². The van der Waals surface area contributed by atoms with Gasteiger partial charge in [-0.05, 0) is 40.5 Å². The van der Waals surface area contributed by atoms with E-state index in [1.54, 1.807) is 11.8 Å². The maximum Gasteiger partial charge on any atom is 0.410 e. The highest BCUT2D eigenvalue weighted by atomic mass is 16.6. The Balaban J connectivity index is 2.74. The maximum absolute atomic E-state index is 12.1. The van der Waals surface area contributed by atoms with E-state index in [1.807, 2.05) is 20.8 Å². The number of likely N-dealkylation sites (tertiary alicyclic amines) is 1. The molecule has 0 aromatic heterocycles. The fourth-order valence-electron chi connectivity index (χ4n) is 2.08. The minimum absolute atomic E-state index is 0.274. The number of hydrogen-bond acceptors (Lipinski definition) is 4. The van der Waals surface area contributed by atoms with E-state index < -0.39 is 5.60 Å². The lowest BCUT2D eigenvalue weighted by Gasteiger charge is -2.27. The molecular weight excluding hydrogens is 258 g/mol. The van der Waals surface area contributed by atoms with Crippen molar-refractivity contribution in [3.05, 3.63) is 12.2 Å². The van der Waals surface area contributed by atoms with Gasteiger partial charge in [0.25, 0.3) is 0 Å². The second-order valence-electron chi connectivity index (χ2n) is 6.08. The van der Waals surface area contributed by atoms with Crippen molar-refractivity contribution in [3.8, 4) is 0 Å². The molecule has 1 heterocycles. The van der Waals surface area contributed by atoms with E-state index in [0.29, 0.717) is 32.5 Å². The van der Waals surface area contributed by atoms with Crippen LogP contribution < -0.4 is 0 Å². The zero-order valence-electron chi connectivity index (χ0n) is 12.9. The van der Waals surface area contributed by atoms with Crippen LogP contribution in [-0.4, -0.2) is 42.3 Å². The SMILES string of the molecule is C=C1CCN(C(=O)OC(C)(C)C)CC(C(=O)OCC)C1. The zero-order chi connectivity index (χ0) is 15.3. The van der Waals surface area contributed by atoms with Crippen molar-refractivity contribution in [1.29, 1.82) is 0 Å². The van der Waals surface area contributed by atoms with Gasteiger partial charge in [-0.3, -0.25) is 4.79 Å². The predicted octanol–water partition coefficient (Wildman–Crippen LogP) is 2.75. The molecule has 0 bridgehead atoms. The zero-order valence-corrected chi connectivity index (χ0v) is 12.9. The Kier molecular flexibility index (Phi) is 5.60. The summed E-state index contributed by atoms with van der Waals surface area (Å²) in [4.78, 5) is 25.6. The van der Waals surface area contributed by atoms with E-state index >= 15 is 0 Å². The van der Waals surface area contributed by atoms with E-state index in [1.165, 1.54) is 0 Å². The van der Waals surface area contributed by atoms with Gasteiger partial charge in [0.2, 0.25) is 0 Å². The first-order valence-electron chi connectivity index (χ1n) is 7.04. The van der Waals surface area contributed by atoms with Crippen LogP contribution in [0.25, 0.3) is 0 Å². The van der Waals surface area contributed by atoms with Gasteiger partial charge in [0.05, 0.1) is 12.5 Å². The van der Waals surface area contributed by atoms with E-state index in [0.717, 1.165) is 5.57 Å². The molecular formula is C15H25NO4. The standard InChI is InChI=1S/C15H25NO4/c1-6-19-13(17)12-9-11(2)7-8-16(10-12)14(18)20-15(3,4)5/h12H,2,6-10H2,1,3-5H3. The monoisotopic (exact) mass is 283 g/mol. The van der Waals surface area contributed by atoms with E-state index in [4.69, 9.17) is 9.47 Å². The number of ether oxygens (including phenoxy) is 2. The van der Waals surface area contributed by atoms with Crippen LogP contribution in [0.15, 0.2) is 12.2 Å². The molecule has 1 amide bonds. The number of rotatable bonds is 2. The number of amides is 1. The number of esters is 1. The van der Waals surface area contributed by atoms with Crippen LogP contribution in [0.2, 0.25) is 0 Å². The van der Waals surface area contributed by atoms with Gasteiger partial charge in [0.1, 0.15) is 5.60 Å². The highest BCUT2D eigenvalue weighted by Crippen LogP contribution is 2.23. The van der Waals surface area contributed by atoms with Crippen molar-refractivity contribution in [2.24, 2.45) is 5.92 Å². The molecule has 1 aliphatic heterocycles. The minimum atomic E-state index is -0.542. The summed E-state index contributed by atoms with van der Waals surface area (Å²) in [6, 6.07) is 0. The molecule has 1 rings (SSSR count). The topological polar surface area (TPSA) is 55.8 Å². The largest absolute Gasteiger partial charge is 0.466 e. The molecule has 1 fully saturated rings. The first-order valence-corrected chi connectivity index (χ1v) is 7.04. The average Bonchev–Trinajstić information content (AvgIpc) is 2.49. The fraction of sp³-hybridized carbons (Fsp3) is 0.733. The third-order valence-corrected chi connectivity index (χ3v) is 2.98. The predicted molar refractivity (Wildman–Crippen MR) is 76.3 cm³/mol. The Bertz CT molecular complexity index is 384. The van der Waals surface area contributed by atoms with Gasteiger partial charge in [0, 0.05) is 13.1 Å². The van der Waals surface area contributed by atoms with Gasteiger partial charge in [-0.2, -0.15) is 0 Å². The van der Waals surface area contributed by atoms with Crippen LogP contribution in [0.3, 0.4) is 0 Å². The van der Waals surface area contributed by atoms with Crippen LogP contribution in [0.4, 0.5) is 4.79 Å². The summed E-state index contributed by atoms with van der Waals surface area (Å²) in [5, 5.41) is 0. The van der Waals surface area contributed by atoms with Gasteiger partial charge >= 0.3 is 12.1 Å². The van der Waals surface area contributed by atoms with E-state index in [2.05, 4.69) is 6.58 Å². The molecule has 0 radical (unpaired) electrons. The molecule has 0 aromatic rings. The Morgan fingerprint density at radius 3 is 2.60 bits per heavy atom. The normalized spacial score (nSPS) is 20.3. The Morgan fingerprint density at radius 1 is 1.40 bits per heavy atom. The van der Waals surface area contributed by atoms with Crippen LogP contribution in [0, 0.1) is 5.92 Å². The summed E-state index contributed by atoms with van der Waals surface area (Å²) in [7, 11) is 0. The van der Waals surface area contributed by atoms with Gasteiger partial charge in [-0.1, -0.05) is 12.2 Å². The van der Waals surface area contributed by atoms with Crippen LogP contribution >= 0.6 is 0 Å². The Labute approximate surface area is 120 Å². The molecule has 5 nitrogen and oxygen atoms in total. The van der Waals surface area contributed by atoms with Crippen molar-refractivity contribution < 1.29 is 19.1 Å². The molecule has 1 unspecified atom stereocenters. The minimum Gasteiger partial charge on any atom is -0.466 e. The van der Waals surface area contributed by atoms with Crippen molar-refractivity contribution in [2.75, 3.05) is 19.7 Å². The molecule has 1 atom stereocenters. The van der Waals surface area contributed by atoms with Crippen LogP contribution in [0.5, 0.6) is 0 Å². The van der Waals surface area contributed by atoms with Crippen molar-refractivity contribution in [1.82, 2.24) is 4.90 Å². The molecule has 0 N–H and O–H groups in total. The molecule has 1 saturated heterocycles. The average molecular weight is 283 g/mol. The van der Waals surface area contributed by atoms with Crippen LogP contribution in [0.1, 0.15) is 40.5 Å². The molecule has 0 aromatic carbocycles. The molecule has 0 aliphatic carbocycles. The first-order chi connectivity index (χ1) is 9.23. The van der Waals surface area contributed by atoms with Gasteiger partial charge in [-0.25, -0.2) is 4.79 Å². The third kappa shape index (κ3) is 5.23. The summed E-state index contributed by atoms with van der Waals surface area (Å²) in [5.74, 6) is -0.624. The lowest BCUT2D eigenvalue weighted by Crippen LogP contribution is -2.40. The van der Waals surface area contributed by atoms with Crippen LogP contribution in [-0.2, 0) is 14.3 Å². The first kappa shape index (κ1) is 16.5. The molecule has 5 heteroatoms. The van der Waals surface area contributed by atoms with E-state index in [-0.39, 0.29) is 18.0 Å². The van der Waals surface area contributed by atoms with Gasteiger partial charge < -0.3 is 14.4 Å². The third-order valence-electron chi connectivity index (χ3n) is 2.98. The number of carbonyl (C=O) groups is 2. The van der Waals surface area contributed by atoms with Crippen molar-refractivity contribution in [2.45, 2.75) is 46.1 Å². The van der Waals surface area contributed by atoms with Crippen molar-refractivity contribution >= 4 is 12.1 Å². The quantitative estimate of drug-likeness (QED) is 0.577. The summed E-state index contributed by atoms with van der Waals surface area (Å²) < 4.78 is 10.4. The summed E-state index contributed by atoms with van der Waals surface area (Å²) in [5.41, 5.74) is 0.425. The summed E-state index contributed by atoms with van der Waals surface area (Å²) in [6.07, 6.45) is 0.870. The molecule has 1 aliphatic rings. The van der Waals surface area contributed by atoms with Gasteiger partial charge in [-0.15, -0.1) is 0 Å². The maximum atomic E-state index is 12.1.